The first-order valence-corrected chi connectivity index (χ1v) is 16.4. The van der Waals surface area contributed by atoms with Crippen LogP contribution >= 0.6 is 0 Å². The summed E-state index contributed by atoms with van der Waals surface area (Å²) in [5, 5.41) is 10.7. The minimum atomic E-state index is -1.58. The second-order valence-corrected chi connectivity index (χ2v) is 13.0. The fourth-order valence-corrected chi connectivity index (χ4v) is 7.56. The van der Waals surface area contributed by atoms with E-state index in [0.29, 0.717) is 62.8 Å². The van der Waals surface area contributed by atoms with Gasteiger partial charge < -0.3 is 24.3 Å². The van der Waals surface area contributed by atoms with Gasteiger partial charge in [0.25, 0.3) is 5.91 Å². The highest BCUT2D eigenvalue weighted by Gasteiger charge is 2.46. The first kappa shape index (κ1) is 33.2. The molecular weight excluding hydrogens is 656 g/mol. The molecule has 0 unspecified atom stereocenters. The number of carbonyl (C=O) groups is 2. The Morgan fingerprint density at radius 1 is 1.08 bits per heavy atom. The van der Waals surface area contributed by atoms with Crippen LogP contribution in [0.1, 0.15) is 66.1 Å². The van der Waals surface area contributed by atoms with Crippen LogP contribution in [-0.4, -0.2) is 53.2 Å². The third kappa shape index (κ3) is 6.29. The summed E-state index contributed by atoms with van der Waals surface area (Å²) < 4.78 is 67.7. The number of amides is 2. The van der Waals surface area contributed by atoms with Gasteiger partial charge in [0.1, 0.15) is 35.7 Å². The lowest BCUT2D eigenvalue weighted by molar-refractivity contribution is -0.122. The van der Waals surface area contributed by atoms with Crippen molar-refractivity contribution in [2.45, 2.75) is 56.4 Å². The number of piperidine rings is 1. The molecule has 50 heavy (non-hydrogen) atoms. The van der Waals surface area contributed by atoms with Crippen molar-refractivity contribution in [1.29, 1.82) is 0 Å². The van der Waals surface area contributed by atoms with E-state index in [1.807, 2.05) is 6.07 Å². The van der Waals surface area contributed by atoms with Crippen molar-refractivity contribution >= 4 is 23.3 Å². The topological polar surface area (TPSA) is 114 Å². The van der Waals surface area contributed by atoms with Crippen LogP contribution in [0.5, 0.6) is 5.75 Å². The normalized spacial score (nSPS) is 18.3. The Balaban J connectivity index is 1.07. The Kier molecular flexibility index (Phi) is 8.78. The van der Waals surface area contributed by atoms with Crippen LogP contribution in [0.25, 0.3) is 0 Å². The SMILES string of the molecule is C=CC(=O)N1CCOc2cc(N3CCC4(CC3)C[C@@H](CC(=O)N[C@H](Cc3cc(F)c(F)c(F)c3)c3nnc(C)o3)c3ccc(F)cc34)ncc21. The van der Waals surface area contributed by atoms with E-state index in [1.54, 1.807) is 30.2 Å². The largest absolute Gasteiger partial charge is 0.489 e. The Bertz CT molecular complexity index is 1950. The highest BCUT2D eigenvalue weighted by molar-refractivity contribution is 6.02. The number of hydrogen-bond donors (Lipinski definition) is 1. The molecule has 2 aliphatic heterocycles. The molecule has 2 atom stereocenters. The summed E-state index contributed by atoms with van der Waals surface area (Å²) >= 11 is 0. The molecule has 4 aromatic rings. The molecule has 7 rings (SSSR count). The average molecular weight is 691 g/mol. The van der Waals surface area contributed by atoms with E-state index in [9.17, 15) is 27.2 Å². The van der Waals surface area contributed by atoms with E-state index in [0.717, 1.165) is 23.3 Å². The maximum absolute atomic E-state index is 14.7. The number of aromatic nitrogens is 3. The zero-order valence-electron chi connectivity index (χ0n) is 27.2. The number of pyridine rings is 1. The van der Waals surface area contributed by atoms with Crippen LogP contribution in [0.15, 0.2) is 59.7 Å². The van der Waals surface area contributed by atoms with Crippen molar-refractivity contribution in [3.63, 3.8) is 0 Å². The molecule has 1 fully saturated rings. The molecule has 2 amide bonds. The van der Waals surface area contributed by atoms with Crippen LogP contribution in [0, 0.1) is 30.2 Å². The standard InChI is InChI=1S/C36H34F4N6O4/c1-3-33(48)46-10-11-49-30-17-31(41-19-29(30)46)45-8-6-36(7-9-45)18-22(24-5-4-23(37)16-25(24)36)15-32(47)42-28(35-44-43-20(2)50-35)14-21-12-26(38)34(40)27(39)13-21/h3-5,12-13,16-17,19,22,28H,1,6-11,14-15,18H2,2H3,(H,42,47)/t22-,28-/m1/s1. The number of halogens is 4. The van der Waals surface area contributed by atoms with Crippen molar-refractivity contribution in [3.8, 4) is 5.75 Å². The molecule has 14 heteroatoms. The zero-order valence-corrected chi connectivity index (χ0v) is 27.2. The molecule has 1 aliphatic carbocycles. The van der Waals surface area contributed by atoms with Crippen LogP contribution < -0.4 is 19.9 Å². The fraction of sp³-hybridized carbons (Fsp3) is 0.361. The number of benzene rings is 2. The molecule has 0 bridgehead atoms. The number of ether oxygens (including phenoxy) is 1. The van der Waals surface area contributed by atoms with E-state index in [2.05, 4.69) is 32.0 Å². The maximum Gasteiger partial charge on any atom is 0.250 e. The minimum Gasteiger partial charge on any atom is -0.489 e. The molecule has 0 radical (unpaired) electrons. The number of aryl methyl sites for hydroxylation is 1. The zero-order chi connectivity index (χ0) is 35.2. The lowest BCUT2D eigenvalue weighted by Crippen LogP contribution is -2.42. The van der Waals surface area contributed by atoms with Crippen molar-refractivity contribution in [2.24, 2.45) is 0 Å². The summed E-state index contributed by atoms with van der Waals surface area (Å²) in [4.78, 5) is 34.3. The van der Waals surface area contributed by atoms with Gasteiger partial charge in [0.2, 0.25) is 17.7 Å². The smallest absolute Gasteiger partial charge is 0.250 e. The summed E-state index contributed by atoms with van der Waals surface area (Å²) in [6, 6.07) is 7.34. The Hall–Kier alpha value is -5.27. The summed E-state index contributed by atoms with van der Waals surface area (Å²) in [5.41, 5.74) is 2.10. The van der Waals surface area contributed by atoms with E-state index >= 15 is 0 Å². The Labute approximate surface area is 285 Å². The molecule has 1 saturated heterocycles. The molecule has 2 aromatic carbocycles. The molecule has 260 valence electrons. The van der Waals surface area contributed by atoms with E-state index < -0.39 is 23.5 Å². The maximum atomic E-state index is 14.7. The number of fused-ring (bicyclic) bond motifs is 3. The van der Waals surface area contributed by atoms with Crippen LogP contribution in [0.4, 0.5) is 29.1 Å². The fourth-order valence-electron chi connectivity index (χ4n) is 7.56. The van der Waals surface area contributed by atoms with Gasteiger partial charge in [-0.25, -0.2) is 22.5 Å². The first-order valence-electron chi connectivity index (χ1n) is 16.4. The predicted octanol–water partition coefficient (Wildman–Crippen LogP) is 5.76. The Morgan fingerprint density at radius 2 is 1.84 bits per heavy atom. The Morgan fingerprint density at radius 3 is 2.54 bits per heavy atom. The van der Waals surface area contributed by atoms with Crippen LogP contribution in [-0.2, 0) is 21.4 Å². The molecular formula is C36H34F4N6O4. The number of hydrogen-bond acceptors (Lipinski definition) is 8. The number of anilines is 2. The summed E-state index contributed by atoms with van der Waals surface area (Å²) in [6.07, 6.45) is 4.82. The van der Waals surface area contributed by atoms with Gasteiger partial charge in [0.05, 0.1) is 12.7 Å². The molecule has 4 heterocycles. The first-order chi connectivity index (χ1) is 24.0. The van der Waals surface area contributed by atoms with E-state index in [4.69, 9.17) is 9.15 Å². The highest BCUT2D eigenvalue weighted by Crippen LogP contribution is 2.53. The third-order valence-corrected chi connectivity index (χ3v) is 9.93. The highest BCUT2D eigenvalue weighted by atomic mass is 19.2. The number of nitrogens with one attached hydrogen (secondary N) is 1. The van der Waals surface area contributed by atoms with Gasteiger partial charge >= 0.3 is 0 Å². The second-order valence-electron chi connectivity index (χ2n) is 13.0. The molecule has 2 aromatic heterocycles. The van der Waals surface area contributed by atoms with Crippen molar-refractivity contribution in [1.82, 2.24) is 20.5 Å². The van der Waals surface area contributed by atoms with Crippen molar-refractivity contribution < 1.29 is 36.3 Å². The average Bonchev–Trinajstić information content (AvgIpc) is 3.66. The van der Waals surface area contributed by atoms with Gasteiger partial charge in [-0.15, -0.1) is 10.2 Å². The molecule has 0 saturated carbocycles. The van der Waals surface area contributed by atoms with Crippen molar-refractivity contribution in [3.05, 3.63) is 107 Å². The van der Waals surface area contributed by atoms with Crippen LogP contribution in [0.3, 0.4) is 0 Å². The van der Waals surface area contributed by atoms with Gasteiger partial charge in [-0.1, -0.05) is 12.6 Å². The van der Waals surface area contributed by atoms with Gasteiger partial charge in [0, 0.05) is 38.9 Å². The lowest BCUT2D eigenvalue weighted by Gasteiger charge is -2.41. The summed E-state index contributed by atoms with van der Waals surface area (Å²) in [5.74, 6) is -3.90. The van der Waals surface area contributed by atoms with Gasteiger partial charge in [-0.3, -0.25) is 9.59 Å². The summed E-state index contributed by atoms with van der Waals surface area (Å²) in [6.45, 7) is 7.16. The second kappa shape index (κ2) is 13.2. The summed E-state index contributed by atoms with van der Waals surface area (Å²) in [7, 11) is 0. The molecule has 3 aliphatic rings. The van der Waals surface area contributed by atoms with E-state index in [-0.39, 0.29) is 59.2 Å². The molecule has 10 nitrogen and oxygen atoms in total. The monoisotopic (exact) mass is 690 g/mol. The molecule has 1 spiro atoms. The number of carbonyl (C=O) groups excluding carboxylic acids is 2. The minimum absolute atomic E-state index is 0.0416. The van der Waals surface area contributed by atoms with Crippen molar-refractivity contribution in [2.75, 3.05) is 36.0 Å². The third-order valence-electron chi connectivity index (χ3n) is 9.93. The number of rotatable bonds is 8. The van der Waals surface area contributed by atoms with E-state index in [1.165, 1.54) is 12.1 Å². The quantitative estimate of drug-likeness (QED) is 0.141. The van der Waals surface area contributed by atoms with Gasteiger partial charge in [-0.2, -0.15) is 0 Å². The number of nitrogens with zero attached hydrogens (tertiary/aromatic N) is 5. The molecule has 1 N–H and O–H groups in total. The predicted molar refractivity (Wildman–Crippen MR) is 174 cm³/mol. The van der Waals surface area contributed by atoms with Gasteiger partial charge in [0.15, 0.2) is 17.5 Å². The van der Waals surface area contributed by atoms with Crippen LogP contribution in [0.2, 0.25) is 0 Å². The lowest BCUT2D eigenvalue weighted by atomic mass is 9.73. The van der Waals surface area contributed by atoms with Gasteiger partial charge in [-0.05, 0) is 77.6 Å².